The van der Waals surface area contributed by atoms with Crippen LogP contribution in [0.3, 0.4) is 0 Å². The number of thiophene rings is 2. The molecule has 2 nitrogen and oxygen atoms in total. The first-order chi connectivity index (χ1) is 15.8. The van der Waals surface area contributed by atoms with E-state index >= 15 is 0 Å². The third-order valence-corrected chi connectivity index (χ3v) is 7.77. The Morgan fingerprint density at radius 1 is 0.531 bits per heavy atom. The van der Waals surface area contributed by atoms with Crippen molar-refractivity contribution in [2.24, 2.45) is 0 Å². The summed E-state index contributed by atoms with van der Waals surface area (Å²) in [6.45, 7) is 0. The van der Waals surface area contributed by atoms with E-state index in [1.54, 1.807) is 17.6 Å². The van der Waals surface area contributed by atoms with Crippen molar-refractivity contribution in [1.29, 1.82) is 0 Å². The molecule has 0 unspecified atom stereocenters. The largest absolute Gasteiger partial charge is 0.464 e. The van der Waals surface area contributed by atoms with Gasteiger partial charge in [-0.2, -0.15) is 0 Å². The zero-order chi connectivity index (χ0) is 21.3. The van der Waals surface area contributed by atoms with E-state index in [9.17, 15) is 0 Å². The molecule has 4 heteroatoms. The maximum absolute atomic E-state index is 5.55. The van der Waals surface area contributed by atoms with Gasteiger partial charge in [0.25, 0.3) is 0 Å². The van der Waals surface area contributed by atoms with Crippen molar-refractivity contribution in [3.63, 3.8) is 0 Å². The number of hydrogen-bond acceptors (Lipinski definition) is 4. The molecule has 32 heavy (non-hydrogen) atoms. The topological polar surface area (TPSA) is 16.4 Å². The second-order valence-electron chi connectivity index (χ2n) is 7.48. The van der Waals surface area contributed by atoms with Gasteiger partial charge < -0.3 is 9.32 Å². The molecule has 3 aromatic carbocycles. The summed E-state index contributed by atoms with van der Waals surface area (Å²) in [5.41, 5.74) is 4.68. The summed E-state index contributed by atoms with van der Waals surface area (Å²) in [4.78, 5) is 4.75. The molecule has 0 spiro atoms. The molecule has 154 valence electrons. The van der Waals surface area contributed by atoms with Gasteiger partial charge in [-0.05, 0) is 66.2 Å². The van der Waals surface area contributed by atoms with Crippen molar-refractivity contribution in [2.45, 2.75) is 0 Å². The number of benzene rings is 3. The van der Waals surface area contributed by atoms with E-state index in [0.29, 0.717) is 0 Å². The molecule has 0 saturated heterocycles. The maximum Gasteiger partial charge on any atom is 0.143 e. The van der Waals surface area contributed by atoms with Gasteiger partial charge in [0.15, 0.2) is 0 Å². The lowest BCUT2D eigenvalue weighted by atomic mass is 10.1. The summed E-state index contributed by atoms with van der Waals surface area (Å²) in [5.74, 6) is 0.936. The number of hydrogen-bond donors (Lipinski definition) is 0. The molecule has 3 aromatic heterocycles. The molecule has 3 heterocycles. The Kier molecular flexibility index (Phi) is 4.87. The fourth-order valence-corrected chi connectivity index (χ4v) is 6.26. The predicted octanol–water partition coefficient (Wildman–Crippen LogP) is 9.36. The molecule has 0 bridgehead atoms. The lowest BCUT2D eigenvalue weighted by molar-refractivity contribution is 0.584. The van der Waals surface area contributed by atoms with Gasteiger partial charge in [0.1, 0.15) is 5.76 Å². The van der Waals surface area contributed by atoms with E-state index in [2.05, 4.69) is 102 Å². The standard InChI is InChI=1S/C28H19NOS2/c1-3-8-21(9-4-1)29(22-10-5-2-6-11-22)23-15-13-20(14-16-23)25-18-27-28(31-25)19-26(32-27)24-12-7-17-30-24/h1-19H. The van der Waals surface area contributed by atoms with Crippen LogP contribution in [0.15, 0.2) is 120 Å². The molecule has 0 aliphatic rings. The first-order valence-electron chi connectivity index (χ1n) is 10.4. The second kappa shape index (κ2) is 8.15. The van der Waals surface area contributed by atoms with Gasteiger partial charge in [0.05, 0.1) is 11.1 Å². The molecule has 0 amide bonds. The zero-order valence-electron chi connectivity index (χ0n) is 17.1. The number of furan rings is 1. The van der Waals surface area contributed by atoms with Crippen LogP contribution in [0.2, 0.25) is 0 Å². The monoisotopic (exact) mass is 449 g/mol. The molecular formula is C28H19NOS2. The highest BCUT2D eigenvalue weighted by atomic mass is 32.1. The van der Waals surface area contributed by atoms with Crippen LogP contribution in [0.25, 0.3) is 30.5 Å². The highest BCUT2D eigenvalue weighted by Crippen LogP contribution is 2.42. The van der Waals surface area contributed by atoms with E-state index in [-0.39, 0.29) is 0 Å². The van der Waals surface area contributed by atoms with E-state index in [1.165, 1.54) is 24.7 Å². The Hall–Kier alpha value is -3.60. The number of rotatable bonds is 5. The van der Waals surface area contributed by atoms with Gasteiger partial charge >= 0.3 is 0 Å². The normalized spacial score (nSPS) is 11.1. The molecule has 6 rings (SSSR count). The number of nitrogens with zero attached hydrogens (tertiary/aromatic N) is 1. The summed E-state index contributed by atoms with van der Waals surface area (Å²) in [6, 6.07) is 38.3. The summed E-state index contributed by atoms with van der Waals surface area (Å²) < 4.78 is 8.16. The summed E-state index contributed by atoms with van der Waals surface area (Å²) in [7, 11) is 0. The third-order valence-electron chi connectivity index (χ3n) is 5.41. The molecule has 0 N–H and O–H groups in total. The maximum atomic E-state index is 5.55. The Morgan fingerprint density at radius 2 is 1.09 bits per heavy atom. The van der Waals surface area contributed by atoms with Crippen molar-refractivity contribution in [3.05, 3.63) is 115 Å². The average molecular weight is 450 g/mol. The van der Waals surface area contributed by atoms with Crippen molar-refractivity contribution in [2.75, 3.05) is 4.90 Å². The van der Waals surface area contributed by atoms with Gasteiger partial charge in [-0.15, -0.1) is 22.7 Å². The SMILES string of the molecule is c1ccc(N(c2ccccc2)c2ccc(-c3cc4sc(-c5ccco5)cc4s3)cc2)cc1. The number of anilines is 3. The van der Waals surface area contributed by atoms with E-state index in [0.717, 1.165) is 22.8 Å². The second-order valence-corrected chi connectivity index (χ2v) is 9.65. The van der Waals surface area contributed by atoms with Crippen LogP contribution in [-0.2, 0) is 0 Å². The lowest BCUT2D eigenvalue weighted by Crippen LogP contribution is -2.09. The van der Waals surface area contributed by atoms with Gasteiger partial charge in [0.2, 0.25) is 0 Å². The minimum absolute atomic E-state index is 0.936. The molecular weight excluding hydrogens is 430 g/mol. The molecule has 0 aliphatic heterocycles. The lowest BCUT2D eigenvalue weighted by Gasteiger charge is -2.25. The van der Waals surface area contributed by atoms with Crippen LogP contribution in [-0.4, -0.2) is 0 Å². The predicted molar refractivity (Wildman–Crippen MR) is 138 cm³/mol. The van der Waals surface area contributed by atoms with Crippen molar-refractivity contribution < 1.29 is 4.42 Å². The van der Waals surface area contributed by atoms with Crippen LogP contribution < -0.4 is 4.90 Å². The molecule has 0 aliphatic carbocycles. The Balaban J connectivity index is 1.34. The average Bonchev–Trinajstić information content (AvgIpc) is 3.58. The first kappa shape index (κ1) is 19.1. The fourth-order valence-electron chi connectivity index (χ4n) is 3.89. The van der Waals surface area contributed by atoms with Crippen LogP contribution >= 0.6 is 22.7 Å². The third kappa shape index (κ3) is 3.54. The first-order valence-corrected chi connectivity index (χ1v) is 12.1. The Morgan fingerprint density at radius 3 is 1.69 bits per heavy atom. The number of fused-ring (bicyclic) bond motifs is 1. The molecule has 0 radical (unpaired) electrons. The van der Waals surface area contributed by atoms with Crippen molar-refractivity contribution in [1.82, 2.24) is 0 Å². The van der Waals surface area contributed by atoms with Gasteiger partial charge in [-0.25, -0.2) is 0 Å². The zero-order valence-corrected chi connectivity index (χ0v) is 18.8. The summed E-state index contributed by atoms with van der Waals surface area (Å²) >= 11 is 3.61. The van der Waals surface area contributed by atoms with Crippen LogP contribution in [0.1, 0.15) is 0 Å². The molecule has 0 saturated carbocycles. The number of para-hydroxylation sites is 2. The van der Waals surface area contributed by atoms with Crippen LogP contribution in [0, 0.1) is 0 Å². The minimum Gasteiger partial charge on any atom is -0.464 e. The highest BCUT2D eigenvalue weighted by Gasteiger charge is 2.14. The van der Waals surface area contributed by atoms with Gasteiger partial charge in [-0.1, -0.05) is 48.5 Å². The minimum atomic E-state index is 0.936. The summed E-state index contributed by atoms with van der Waals surface area (Å²) in [6.07, 6.45) is 1.73. The Labute approximate surface area is 194 Å². The fraction of sp³-hybridized carbons (Fsp3) is 0. The van der Waals surface area contributed by atoms with Crippen LogP contribution in [0.4, 0.5) is 17.1 Å². The quantitative estimate of drug-likeness (QED) is 0.261. The van der Waals surface area contributed by atoms with E-state index in [4.69, 9.17) is 4.42 Å². The smallest absolute Gasteiger partial charge is 0.143 e. The van der Waals surface area contributed by atoms with Crippen LogP contribution in [0.5, 0.6) is 0 Å². The van der Waals surface area contributed by atoms with Crippen molar-refractivity contribution in [3.8, 4) is 21.1 Å². The van der Waals surface area contributed by atoms with Gasteiger partial charge in [0, 0.05) is 31.3 Å². The summed E-state index contributed by atoms with van der Waals surface area (Å²) in [5, 5.41) is 0. The highest BCUT2D eigenvalue weighted by molar-refractivity contribution is 7.31. The molecule has 0 fully saturated rings. The molecule has 6 aromatic rings. The molecule has 0 atom stereocenters. The van der Waals surface area contributed by atoms with Crippen molar-refractivity contribution >= 4 is 49.1 Å². The van der Waals surface area contributed by atoms with E-state index < -0.39 is 0 Å². The van der Waals surface area contributed by atoms with Gasteiger partial charge in [-0.3, -0.25) is 0 Å². The van der Waals surface area contributed by atoms with E-state index in [1.807, 2.05) is 23.5 Å². The Bertz CT molecular complexity index is 1380.